The first-order chi connectivity index (χ1) is 18.4. The molecule has 13 heteroatoms. The van der Waals surface area contributed by atoms with Crippen LogP contribution in [0.5, 0.6) is 5.75 Å². The lowest BCUT2D eigenvalue weighted by Crippen LogP contribution is -2.62. The van der Waals surface area contributed by atoms with Crippen molar-refractivity contribution in [2.75, 3.05) is 6.61 Å². The molecule has 4 heterocycles. The van der Waals surface area contributed by atoms with Crippen LogP contribution in [0.25, 0.3) is 11.0 Å². The van der Waals surface area contributed by atoms with E-state index >= 15 is 0 Å². The van der Waals surface area contributed by atoms with Crippen LogP contribution in [-0.4, -0.2) is 110 Å². The highest BCUT2D eigenvalue weighted by molar-refractivity contribution is 5.79. The van der Waals surface area contributed by atoms with Gasteiger partial charge in [0.25, 0.3) is 0 Å². The van der Waals surface area contributed by atoms with Crippen LogP contribution in [0.3, 0.4) is 0 Å². The maximum atomic E-state index is 11.6. The number of benzene rings is 1. The molecule has 1 aromatic carbocycles. The van der Waals surface area contributed by atoms with Crippen LogP contribution >= 0.6 is 0 Å². The lowest BCUT2D eigenvalue weighted by atomic mass is 9.95. The van der Waals surface area contributed by atoms with Gasteiger partial charge in [-0.3, -0.25) is 0 Å². The van der Waals surface area contributed by atoms with E-state index in [9.17, 15) is 35.4 Å². The second-order valence-corrected chi connectivity index (χ2v) is 10.8. The molecule has 39 heavy (non-hydrogen) atoms. The van der Waals surface area contributed by atoms with Gasteiger partial charge >= 0.3 is 5.63 Å². The van der Waals surface area contributed by atoms with Crippen molar-refractivity contribution < 1.29 is 58.7 Å². The van der Waals surface area contributed by atoms with E-state index in [2.05, 4.69) is 0 Å². The van der Waals surface area contributed by atoms with E-state index in [1.165, 1.54) is 13.0 Å². The van der Waals surface area contributed by atoms with E-state index in [4.69, 9.17) is 28.1 Å². The van der Waals surface area contributed by atoms with Gasteiger partial charge in [-0.05, 0) is 38.5 Å². The predicted molar refractivity (Wildman–Crippen MR) is 131 cm³/mol. The molecule has 3 aliphatic rings. The molecule has 0 radical (unpaired) electrons. The first-order valence-electron chi connectivity index (χ1n) is 12.8. The molecule has 0 spiro atoms. The van der Waals surface area contributed by atoms with Gasteiger partial charge in [0.05, 0.1) is 12.7 Å². The van der Waals surface area contributed by atoms with Gasteiger partial charge in [-0.25, -0.2) is 4.79 Å². The largest absolute Gasteiger partial charge is 0.487 e. The summed E-state index contributed by atoms with van der Waals surface area (Å²) in [5, 5.41) is 62.4. The van der Waals surface area contributed by atoms with Crippen LogP contribution in [0.1, 0.15) is 26.3 Å². The lowest BCUT2D eigenvalue weighted by molar-refractivity contribution is -0.344. The third-order valence-corrected chi connectivity index (χ3v) is 7.57. The van der Waals surface area contributed by atoms with E-state index in [1.54, 1.807) is 26.0 Å². The Hall–Kier alpha value is -2.17. The van der Waals surface area contributed by atoms with Gasteiger partial charge in [-0.15, -0.1) is 0 Å². The molecule has 1 unspecified atom stereocenters. The fourth-order valence-electron chi connectivity index (χ4n) is 5.06. The van der Waals surface area contributed by atoms with Gasteiger partial charge in [0.2, 0.25) is 0 Å². The van der Waals surface area contributed by atoms with Crippen molar-refractivity contribution in [2.24, 2.45) is 0 Å². The zero-order chi connectivity index (χ0) is 28.2. The monoisotopic (exact) mass is 554 g/mol. The van der Waals surface area contributed by atoms with Crippen LogP contribution in [-0.2, 0) is 25.4 Å². The number of aliphatic hydroxyl groups excluding tert-OH is 6. The molecule has 216 valence electrons. The third-order valence-electron chi connectivity index (χ3n) is 7.57. The molecule has 0 amide bonds. The minimum Gasteiger partial charge on any atom is -0.487 e. The van der Waals surface area contributed by atoms with Crippen molar-refractivity contribution in [3.63, 3.8) is 0 Å². The van der Waals surface area contributed by atoms with Crippen molar-refractivity contribution in [1.29, 1.82) is 0 Å². The highest BCUT2D eigenvalue weighted by Crippen LogP contribution is 2.38. The summed E-state index contributed by atoms with van der Waals surface area (Å²) in [6.07, 6.45) is -14.1. The summed E-state index contributed by atoms with van der Waals surface area (Å²) >= 11 is 0. The van der Waals surface area contributed by atoms with Crippen LogP contribution in [0, 0.1) is 0 Å². The van der Waals surface area contributed by atoms with E-state index in [0.29, 0.717) is 17.8 Å². The summed E-state index contributed by atoms with van der Waals surface area (Å²) in [7, 11) is 0. The first kappa shape index (κ1) is 28.4. The standard InChI is InChI=1S/C26H34O13/c1-10-18(28)20(30)22(32)24(35-10)34-9-15-19(29)21(31)23(33)25(38-15)39-26(2,3)16-7-12-6-11-4-5-17(27)37-13(11)8-14(12)36-16/h4-6,8,10,15-16,18-25,28-33H,7,9H2,1-3H3/t10-,15-,16?,18-,19-,20+,21+,22+,23-,24+,25+/m1/s1. The Balaban J connectivity index is 1.25. The summed E-state index contributed by atoms with van der Waals surface area (Å²) in [5.74, 6) is 0.526. The maximum absolute atomic E-state index is 11.6. The fourth-order valence-corrected chi connectivity index (χ4v) is 5.06. The Morgan fingerprint density at radius 2 is 1.59 bits per heavy atom. The molecule has 11 atom stereocenters. The average Bonchev–Trinajstić information content (AvgIpc) is 3.32. The molecule has 13 nitrogen and oxygen atoms in total. The molecule has 6 N–H and O–H groups in total. The van der Waals surface area contributed by atoms with E-state index < -0.39 is 85.3 Å². The summed E-state index contributed by atoms with van der Waals surface area (Å²) in [5.41, 5.74) is -0.285. The van der Waals surface area contributed by atoms with Crippen molar-refractivity contribution in [3.05, 3.63) is 40.2 Å². The van der Waals surface area contributed by atoms with E-state index in [0.717, 1.165) is 10.9 Å². The minimum absolute atomic E-state index is 0.384. The molecule has 2 aromatic rings. The Morgan fingerprint density at radius 1 is 0.897 bits per heavy atom. The Bertz CT molecular complexity index is 1230. The summed E-state index contributed by atoms with van der Waals surface area (Å²) < 4.78 is 34.1. The van der Waals surface area contributed by atoms with Crippen molar-refractivity contribution >= 4 is 11.0 Å². The Kier molecular flexibility index (Phi) is 7.76. The molecule has 0 aliphatic carbocycles. The molecule has 5 rings (SSSR count). The minimum atomic E-state index is -1.65. The van der Waals surface area contributed by atoms with Gasteiger partial charge in [0.1, 0.15) is 65.8 Å². The molecule has 0 bridgehead atoms. The van der Waals surface area contributed by atoms with Gasteiger partial charge in [-0.2, -0.15) is 0 Å². The lowest BCUT2D eigenvalue weighted by Gasteiger charge is -2.44. The average molecular weight is 555 g/mol. The number of rotatable bonds is 6. The predicted octanol–water partition coefficient (Wildman–Crippen LogP) is -1.46. The molecule has 3 aliphatic heterocycles. The van der Waals surface area contributed by atoms with E-state index in [-0.39, 0.29) is 0 Å². The molecule has 2 fully saturated rings. The van der Waals surface area contributed by atoms with Crippen LogP contribution in [0.2, 0.25) is 0 Å². The van der Waals surface area contributed by atoms with Crippen molar-refractivity contribution in [1.82, 2.24) is 0 Å². The zero-order valence-corrected chi connectivity index (χ0v) is 21.6. The highest BCUT2D eigenvalue weighted by Gasteiger charge is 2.49. The quantitative estimate of drug-likeness (QED) is 0.227. The number of ether oxygens (including phenoxy) is 5. The van der Waals surface area contributed by atoms with E-state index in [1.807, 2.05) is 6.07 Å². The van der Waals surface area contributed by atoms with Crippen molar-refractivity contribution in [3.8, 4) is 5.75 Å². The van der Waals surface area contributed by atoms with Crippen molar-refractivity contribution in [2.45, 2.75) is 100 Å². The second kappa shape index (κ2) is 10.7. The topological polar surface area (TPSA) is 198 Å². The second-order valence-electron chi connectivity index (χ2n) is 10.8. The maximum Gasteiger partial charge on any atom is 0.336 e. The van der Waals surface area contributed by atoms with Crippen LogP contribution < -0.4 is 10.4 Å². The summed E-state index contributed by atoms with van der Waals surface area (Å²) in [6, 6.07) is 6.50. The van der Waals surface area contributed by atoms with Gasteiger partial charge in [0, 0.05) is 23.9 Å². The normalized spacial score (nSPS) is 38.9. The number of hydrogen-bond donors (Lipinski definition) is 6. The Labute approximate surface area is 223 Å². The molecular weight excluding hydrogens is 520 g/mol. The van der Waals surface area contributed by atoms with Gasteiger partial charge < -0.3 is 58.7 Å². The smallest absolute Gasteiger partial charge is 0.336 e. The summed E-state index contributed by atoms with van der Waals surface area (Å²) in [6.45, 7) is 4.55. The van der Waals surface area contributed by atoms with Gasteiger partial charge in [-0.1, -0.05) is 0 Å². The van der Waals surface area contributed by atoms with Gasteiger partial charge in [0.15, 0.2) is 12.6 Å². The Morgan fingerprint density at radius 3 is 2.33 bits per heavy atom. The fraction of sp³-hybridized carbons (Fsp3) is 0.654. The third kappa shape index (κ3) is 5.44. The SMILES string of the molecule is C[C@H]1O[C@H](OC[C@H]2O[C@@H](OC(C)(C)C3Cc4cc5ccc(=O)oc5cc4O3)[C@H](O)[C@@H](O)[C@@H]2O)[C@@H](O)[C@@H](O)[C@@H]1O. The summed E-state index contributed by atoms with van der Waals surface area (Å²) in [4.78, 5) is 11.6. The van der Waals surface area contributed by atoms with Crippen LogP contribution in [0.15, 0.2) is 33.5 Å². The number of fused-ring (bicyclic) bond motifs is 2. The highest BCUT2D eigenvalue weighted by atomic mass is 16.7. The molecule has 0 saturated carbocycles. The molecule has 2 saturated heterocycles. The molecular formula is C26H34O13. The zero-order valence-electron chi connectivity index (χ0n) is 21.6. The molecule has 1 aromatic heterocycles. The number of hydrogen-bond acceptors (Lipinski definition) is 13. The first-order valence-corrected chi connectivity index (χ1v) is 12.8. The number of aliphatic hydroxyl groups is 6. The van der Waals surface area contributed by atoms with Crippen LogP contribution in [0.4, 0.5) is 0 Å².